The smallest absolute Gasteiger partial charge is 0.293 e. The number of benzene rings is 1. The fourth-order valence-electron chi connectivity index (χ4n) is 3.53. The Bertz CT molecular complexity index is 872. The lowest BCUT2D eigenvalue weighted by molar-refractivity contribution is -0.384. The molecule has 1 aromatic heterocycles. The van der Waals surface area contributed by atoms with Gasteiger partial charge in [-0.3, -0.25) is 14.8 Å². The Balaban J connectivity index is 1.80. The number of fused-ring (bicyclic) bond motifs is 1. The monoisotopic (exact) mass is 404 g/mol. The topological polar surface area (TPSA) is 73.4 Å². The molecule has 154 valence electrons. The van der Waals surface area contributed by atoms with Crippen LogP contribution in [0.1, 0.15) is 33.6 Å². The van der Waals surface area contributed by atoms with Crippen molar-refractivity contribution in [2.45, 2.75) is 51.7 Å². The van der Waals surface area contributed by atoms with Gasteiger partial charge >= 0.3 is 0 Å². The molecular formula is C20H32N4O3Si. The van der Waals surface area contributed by atoms with E-state index in [9.17, 15) is 10.1 Å². The molecule has 2 aromatic rings. The molecule has 0 aliphatic carbocycles. The number of nitro benzene ring substituents is 1. The molecule has 1 aliphatic heterocycles. The minimum absolute atomic E-state index is 0.159. The van der Waals surface area contributed by atoms with Crippen molar-refractivity contribution in [3.8, 4) is 0 Å². The van der Waals surface area contributed by atoms with E-state index in [1.54, 1.807) is 10.7 Å². The number of hydrogen-bond acceptors (Lipinski definition) is 5. The number of anilines is 1. The van der Waals surface area contributed by atoms with Gasteiger partial charge in [0.25, 0.3) is 5.69 Å². The van der Waals surface area contributed by atoms with E-state index in [1.807, 2.05) is 19.3 Å². The first kappa shape index (κ1) is 20.8. The van der Waals surface area contributed by atoms with Crippen LogP contribution in [0.3, 0.4) is 0 Å². The first-order chi connectivity index (χ1) is 13.0. The summed E-state index contributed by atoms with van der Waals surface area (Å²) in [5, 5.41) is 17.1. The lowest BCUT2D eigenvalue weighted by Crippen LogP contribution is -2.44. The van der Waals surface area contributed by atoms with Crippen LogP contribution >= 0.6 is 0 Å². The summed E-state index contributed by atoms with van der Waals surface area (Å²) in [4.78, 5) is 13.6. The first-order valence-electron chi connectivity index (χ1n) is 9.98. The summed E-state index contributed by atoms with van der Waals surface area (Å²) in [6.45, 7) is 13.6. The molecule has 0 radical (unpaired) electrons. The summed E-state index contributed by atoms with van der Waals surface area (Å²) < 4.78 is 8.13. The largest absolute Gasteiger partial charge is 0.416 e. The number of aryl methyl sites for hydroxylation is 1. The van der Waals surface area contributed by atoms with Gasteiger partial charge < -0.3 is 9.33 Å². The third-order valence-corrected chi connectivity index (χ3v) is 10.8. The Morgan fingerprint density at radius 2 is 2.07 bits per heavy atom. The lowest BCUT2D eigenvalue weighted by atomic mass is 9.98. The standard InChI is InChI=1S/C20H32N4O3Si/c1-20(2,3)28(5,6)27-14-15-8-7-9-23(12-15)18-11-17-16(13-22(4)21-17)10-19(18)24(25)26/h10-11,13,15H,7-9,12,14H2,1-6H3. The van der Waals surface area contributed by atoms with Crippen LogP contribution in [0.5, 0.6) is 0 Å². The molecule has 28 heavy (non-hydrogen) atoms. The average Bonchev–Trinajstić information content (AvgIpc) is 2.97. The highest BCUT2D eigenvalue weighted by molar-refractivity contribution is 6.74. The SMILES string of the molecule is Cn1cc2cc([N+](=O)[O-])c(N3CCCC(CO[Si](C)(C)C(C)(C)C)C3)cc2n1. The number of rotatable bonds is 5. The van der Waals surface area contributed by atoms with Crippen molar-refractivity contribution in [3.63, 3.8) is 0 Å². The van der Waals surface area contributed by atoms with Gasteiger partial charge in [-0.05, 0) is 43.0 Å². The third kappa shape index (κ3) is 4.22. The van der Waals surface area contributed by atoms with Crippen molar-refractivity contribution >= 4 is 30.6 Å². The van der Waals surface area contributed by atoms with E-state index < -0.39 is 8.32 Å². The van der Waals surface area contributed by atoms with Crippen molar-refractivity contribution in [2.24, 2.45) is 13.0 Å². The molecule has 1 fully saturated rings. The maximum atomic E-state index is 11.7. The Kier molecular flexibility index (Phi) is 5.55. The summed E-state index contributed by atoms with van der Waals surface area (Å²) in [6, 6.07) is 3.51. The number of aromatic nitrogens is 2. The zero-order valence-corrected chi connectivity index (χ0v) is 18.9. The number of nitrogens with zero attached hydrogens (tertiary/aromatic N) is 4. The quantitative estimate of drug-likeness (QED) is 0.409. The highest BCUT2D eigenvalue weighted by Gasteiger charge is 2.38. The van der Waals surface area contributed by atoms with Crippen molar-refractivity contribution in [2.75, 3.05) is 24.6 Å². The predicted molar refractivity (Wildman–Crippen MR) is 115 cm³/mol. The normalized spacial score (nSPS) is 18.6. The second-order valence-electron chi connectivity index (χ2n) is 9.49. The van der Waals surface area contributed by atoms with Gasteiger partial charge in [0.2, 0.25) is 0 Å². The molecule has 0 saturated carbocycles. The number of hydrogen-bond donors (Lipinski definition) is 0. The van der Waals surface area contributed by atoms with Gasteiger partial charge in [0.05, 0.1) is 10.4 Å². The van der Waals surface area contributed by atoms with Crippen LogP contribution in [0.2, 0.25) is 18.1 Å². The molecule has 1 aliphatic rings. The molecule has 2 heterocycles. The van der Waals surface area contributed by atoms with E-state index in [2.05, 4.69) is 43.9 Å². The van der Waals surface area contributed by atoms with Gasteiger partial charge in [0.15, 0.2) is 8.32 Å². The van der Waals surface area contributed by atoms with E-state index in [-0.39, 0.29) is 15.6 Å². The number of piperidine rings is 1. The summed E-state index contributed by atoms with van der Waals surface area (Å²) in [5.74, 6) is 0.391. The lowest BCUT2D eigenvalue weighted by Gasteiger charge is -2.39. The van der Waals surface area contributed by atoms with Gasteiger partial charge in [0, 0.05) is 44.4 Å². The second-order valence-corrected chi connectivity index (χ2v) is 14.3. The summed E-state index contributed by atoms with van der Waals surface area (Å²) >= 11 is 0. The third-order valence-electron chi connectivity index (χ3n) is 6.26. The summed E-state index contributed by atoms with van der Waals surface area (Å²) in [7, 11) is 0.0420. The van der Waals surface area contributed by atoms with Crippen molar-refractivity contribution in [1.29, 1.82) is 0 Å². The van der Waals surface area contributed by atoms with Crippen LogP contribution < -0.4 is 4.90 Å². The van der Waals surface area contributed by atoms with E-state index in [4.69, 9.17) is 4.43 Å². The van der Waals surface area contributed by atoms with Gasteiger partial charge in [-0.2, -0.15) is 5.10 Å². The van der Waals surface area contributed by atoms with Crippen molar-refractivity contribution < 1.29 is 9.35 Å². The Labute approximate surface area is 167 Å². The fraction of sp³-hybridized carbons (Fsp3) is 0.650. The van der Waals surface area contributed by atoms with Crippen molar-refractivity contribution in [3.05, 3.63) is 28.4 Å². The minimum Gasteiger partial charge on any atom is -0.416 e. The van der Waals surface area contributed by atoms with Crippen LogP contribution in [0.4, 0.5) is 11.4 Å². The molecule has 3 rings (SSSR count). The summed E-state index contributed by atoms with van der Waals surface area (Å²) in [5.41, 5.74) is 1.63. The van der Waals surface area contributed by atoms with Gasteiger partial charge in [0.1, 0.15) is 5.69 Å². The highest BCUT2D eigenvalue weighted by atomic mass is 28.4. The van der Waals surface area contributed by atoms with Gasteiger partial charge in [-0.15, -0.1) is 0 Å². The molecule has 0 N–H and O–H groups in total. The predicted octanol–water partition coefficient (Wildman–Crippen LogP) is 4.72. The van der Waals surface area contributed by atoms with E-state index in [0.717, 1.165) is 43.4 Å². The molecule has 1 aromatic carbocycles. The average molecular weight is 405 g/mol. The summed E-state index contributed by atoms with van der Waals surface area (Å²) in [6.07, 6.45) is 3.94. The van der Waals surface area contributed by atoms with Crippen molar-refractivity contribution in [1.82, 2.24) is 9.78 Å². The maximum absolute atomic E-state index is 11.7. The minimum atomic E-state index is -1.79. The Morgan fingerprint density at radius 1 is 1.36 bits per heavy atom. The zero-order chi connectivity index (χ0) is 20.7. The first-order valence-corrected chi connectivity index (χ1v) is 12.9. The molecule has 1 saturated heterocycles. The Morgan fingerprint density at radius 3 is 2.71 bits per heavy atom. The van der Waals surface area contributed by atoms with Crippen LogP contribution in [0.15, 0.2) is 18.3 Å². The van der Waals surface area contributed by atoms with Gasteiger partial charge in [-0.1, -0.05) is 20.8 Å². The van der Waals surface area contributed by atoms with E-state index in [0.29, 0.717) is 11.6 Å². The van der Waals surface area contributed by atoms with E-state index >= 15 is 0 Å². The molecule has 0 spiro atoms. The molecule has 8 heteroatoms. The Hall–Kier alpha value is -1.93. The fourth-order valence-corrected chi connectivity index (χ4v) is 4.62. The molecule has 7 nitrogen and oxygen atoms in total. The van der Waals surface area contributed by atoms with Crippen LogP contribution in [-0.2, 0) is 11.5 Å². The highest BCUT2D eigenvalue weighted by Crippen LogP contribution is 2.38. The molecule has 1 unspecified atom stereocenters. The molecule has 0 bridgehead atoms. The van der Waals surface area contributed by atoms with Crippen LogP contribution in [0.25, 0.3) is 10.9 Å². The van der Waals surface area contributed by atoms with E-state index in [1.165, 1.54) is 0 Å². The van der Waals surface area contributed by atoms with Crippen LogP contribution in [-0.4, -0.2) is 42.7 Å². The molecular weight excluding hydrogens is 372 g/mol. The second kappa shape index (κ2) is 7.48. The zero-order valence-electron chi connectivity index (χ0n) is 17.9. The van der Waals surface area contributed by atoms with Gasteiger partial charge in [-0.25, -0.2) is 0 Å². The molecule has 0 amide bonds. The van der Waals surface area contributed by atoms with Crippen LogP contribution in [0, 0.1) is 16.0 Å². The number of nitro groups is 1. The maximum Gasteiger partial charge on any atom is 0.293 e. The molecule has 1 atom stereocenters.